The molecule has 6 heterocycles. The Kier molecular flexibility index (Phi) is 13.3. The summed E-state index contributed by atoms with van der Waals surface area (Å²) in [5, 5.41) is 5.65. The third kappa shape index (κ3) is 9.32. The van der Waals surface area contributed by atoms with Gasteiger partial charge in [-0.05, 0) is 61.8 Å². The standard InChI is InChI=1S/C48H54F2N10O6/c1-65-48(64)56-41(32-12-6-3-7-13-32)46(62)60-19-9-15-39(60)44-52-29-37(54-44)33-26-34(49)42(35(50)27-33)57-20-16-30(17-21-57)36-28-51-43(53-36)38-14-8-18-59(38)45(61)40(31-10-4-2-5-11-31)55-47(63)58-22-24-66-25-23-58/h2-7,10-13,26-30,38-41H,8-9,14-25H2,1H3,(H,51,53)(H,52,54)(H,55,63)(H,56,64). The van der Waals surface area contributed by atoms with Crippen LogP contribution in [0.15, 0.2) is 85.2 Å². The number of aromatic nitrogens is 4. The number of carbonyl (C=O) groups is 4. The lowest BCUT2D eigenvalue weighted by Gasteiger charge is -2.33. The van der Waals surface area contributed by atoms with Gasteiger partial charge in [0.15, 0.2) is 0 Å². The van der Waals surface area contributed by atoms with Crippen LogP contribution in [-0.2, 0) is 19.1 Å². The number of aromatic amines is 2. The smallest absolute Gasteiger partial charge is 0.407 e. The van der Waals surface area contributed by atoms with Crippen molar-refractivity contribution in [2.24, 2.45) is 0 Å². The third-order valence-corrected chi connectivity index (χ3v) is 13.3. The number of benzene rings is 3. The van der Waals surface area contributed by atoms with Crippen LogP contribution in [0.4, 0.5) is 24.1 Å². The summed E-state index contributed by atoms with van der Waals surface area (Å²) < 4.78 is 42.2. The number of methoxy groups -OCH3 is 1. The second-order valence-corrected chi connectivity index (χ2v) is 17.2. The molecular weight excluding hydrogens is 851 g/mol. The highest BCUT2D eigenvalue weighted by Crippen LogP contribution is 2.39. The molecule has 4 atom stereocenters. The van der Waals surface area contributed by atoms with E-state index in [2.05, 4.69) is 25.6 Å². The van der Waals surface area contributed by atoms with Gasteiger partial charge in [-0.15, -0.1) is 0 Å². The van der Waals surface area contributed by atoms with Gasteiger partial charge in [-0.25, -0.2) is 28.3 Å². The van der Waals surface area contributed by atoms with Crippen molar-refractivity contribution in [1.82, 2.24) is 45.3 Å². The second kappa shape index (κ2) is 19.7. The van der Waals surface area contributed by atoms with Crippen LogP contribution in [0.5, 0.6) is 0 Å². The molecule has 4 unspecified atom stereocenters. The highest BCUT2D eigenvalue weighted by molar-refractivity contribution is 5.89. The van der Waals surface area contributed by atoms with E-state index in [1.54, 1.807) is 43.9 Å². The zero-order chi connectivity index (χ0) is 45.7. The second-order valence-electron chi connectivity index (χ2n) is 17.2. The molecule has 4 N–H and O–H groups in total. The maximum Gasteiger partial charge on any atom is 0.407 e. The lowest BCUT2D eigenvalue weighted by Crippen LogP contribution is -2.50. The molecule has 4 aliphatic heterocycles. The molecule has 5 aromatic rings. The molecule has 0 aliphatic carbocycles. The van der Waals surface area contributed by atoms with Crippen LogP contribution >= 0.6 is 0 Å². The Bertz CT molecular complexity index is 2490. The first-order chi connectivity index (χ1) is 32.2. The number of morpholine rings is 1. The van der Waals surface area contributed by atoms with E-state index in [1.807, 2.05) is 42.6 Å². The van der Waals surface area contributed by atoms with Crippen molar-refractivity contribution < 1.29 is 37.4 Å². The van der Waals surface area contributed by atoms with Gasteiger partial charge in [-0.1, -0.05) is 60.7 Å². The van der Waals surface area contributed by atoms with Crippen LogP contribution in [0.2, 0.25) is 0 Å². The Morgan fingerprint density at radius 1 is 0.712 bits per heavy atom. The minimum absolute atomic E-state index is 0.0630. The zero-order valence-electron chi connectivity index (χ0n) is 36.8. The maximum atomic E-state index is 16.0. The third-order valence-electron chi connectivity index (χ3n) is 13.3. The van der Waals surface area contributed by atoms with Crippen LogP contribution < -0.4 is 15.5 Å². The number of anilines is 1. The van der Waals surface area contributed by atoms with Crippen LogP contribution in [-0.4, -0.2) is 118 Å². The van der Waals surface area contributed by atoms with E-state index in [4.69, 9.17) is 14.5 Å². The Morgan fingerprint density at radius 2 is 1.26 bits per heavy atom. The van der Waals surface area contributed by atoms with Gasteiger partial charge < -0.3 is 49.7 Å². The summed E-state index contributed by atoms with van der Waals surface area (Å²) in [6.07, 6.45) is 6.66. The van der Waals surface area contributed by atoms with Crippen molar-refractivity contribution in [3.8, 4) is 11.3 Å². The average molecular weight is 905 g/mol. The van der Waals surface area contributed by atoms with Gasteiger partial charge in [0.25, 0.3) is 5.91 Å². The van der Waals surface area contributed by atoms with Crippen LogP contribution in [0.3, 0.4) is 0 Å². The number of nitrogens with one attached hydrogen (secondary N) is 4. The van der Waals surface area contributed by atoms with Gasteiger partial charge in [0.05, 0.1) is 44.3 Å². The normalized spacial score (nSPS) is 20.0. The number of nitrogens with zero attached hydrogens (tertiary/aromatic N) is 6. The number of hydrogen-bond donors (Lipinski definition) is 4. The molecule has 346 valence electrons. The first-order valence-corrected chi connectivity index (χ1v) is 22.7. The summed E-state index contributed by atoms with van der Waals surface area (Å²) in [4.78, 5) is 76.7. The molecule has 5 amide bonds. The van der Waals surface area contributed by atoms with E-state index in [1.165, 1.54) is 25.4 Å². The number of amides is 5. The lowest BCUT2D eigenvalue weighted by atomic mass is 9.93. The van der Waals surface area contributed by atoms with E-state index in [-0.39, 0.29) is 41.1 Å². The number of piperidine rings is 1. The fourth-order valence-corrected chi connectivity index (χ4v) is 9.80. The first-order valence-electron chi connectivity index (χ1n) is 22.7. The quantitative estimate of drug-likeness (QED) is 0.113. The van der Waals surface area contributed by atoms with E-state index in [0.29, 0.717) is 113 Å². The Morgan fingerprint density at radius 3 is 1.83 bits per heavy atom. The molecule has 0 radical (unpaired) electrons. The molecule has 4 saturated heterocycles. The highest BCUT2D eigenvalue weighted by Gasteiger charge is 2.39. The minimum atomic E-state index is -0.978. The van der Waals surface area contributed by atoms with Gasteiger partial charge in [-0.2, -0.15) is 0 Å². The SMILES string of the molecule is COC(=O)NC(C(=O)N1CCCC1c1ncc(-c2cc(F)c(N3CCC(c4cnc(C5CCCN5C(=O)C(NC(=O)N5CCOCC5)c5ccccc5)[nH]4)CC3)c(F)c2)[nH]1)c1ccccc1. The van der Waals surface area contributed by atoms with Crippen molar-refractivity contribution in [2.45, 2.75) is 68.6 Å². The van der Waals surface area contributed by atoms with Gasteiger partial charge in [0, 0.05) is 62.6 Å². The van der Waals surface area contributed by atoms with Gasteiger partial charge in [0.2, 0.25) is 5.91 Å². The molecule has 9 rings (SSSR count). The summed E-state index contributed by atoms with van der Waals surface area (Å²) in [6, 6.07) is 17.9. The fraction of sp³-hybridized carbons (Fsp3) is 0.417. The van der Waals surface area contributed by atoms with Gasteiger partial charge in [-0.3, -0.25) is 9.59 Å². The summed E-state index contributed by atoms with van der Waals surface area (Å²) in [5.74, 6) is -0.686. The topological polar surface area (TPSA) is 181 Å². The Labute approximate surface area is 381 Å². The van der Waals surface area contributed by atoms with Crippen LogP contribution in [0, 0.1) is 11.6 Å². The number of likely N-dealkylation sites (tertiary alicyclic amines) is 2. The monoisotopic (exact) mass is 904 g/mol. The highest BCUT2D eigenvalue weighted by atomic mass is 19.1. The number of ether oxygens (including phenoxy) is 2. The minimum Gasteiger partial charge on any atom is -0.453 e. The van der Waals surface area contributed by atoms with Crippen molar-refractivity contribution in [1.29, 1.82) is 0 Å². The van der Waals surface area contributed by atoms with Crippen LogP contribution in [0.25, 0.3) is 11.3 Å². The van der Waals surface area contributed by atoms with E-state index in [9.17, 15) is 19.2 Å². The predicted octanol–water partition coefficient (Wildman–Crippen LogP) is 6.67. The predicted molar refractivity (Wildman–Crippen MR) is 239 cm³/mol. The van der Waals surface area contributed by atoms with E-state index in [0.717, 1.165) is 12.1 Å². The molecular formula is C48H54F2N10O6. The molecule has 4 fully saturated rings. The van der Waals surface area contributed by atoms with E-state index >= 15 is 8.78 Å². The van der Waals surface area contributed by atoms with Crippen molar-refractivity contribution >= 4 is 29.6 Å². The van der Waals surface area contributed by atoms with Crippen molar-refractivity contribution in [3.05, 3.63) is 125 Å². The Hall–Kier alpha value is -6.82. The lowest BCUT2D eigenvalue weighted by molar-refractivity contribution is -0.135. The summed E-state index contributed by atoms with van der Waals surface area (Å²) >= 11 is 0. The molecule has 3 aromatic carbocycles. The fourth-order valence-electron chi connectivity index (χ4n) is 9.80. The van der Waals surface area contributed by atoms with Crippen LogP contribution in [0.1, 0.15) is 97.1 Å². The molecule has 16 nitrogen and oxygen atoms in total. The zero-order valence-corrected chi connectivity index (χ0v) is 36.8. The maximum absolute atomic E-state index is 16.0. The van der Waals surface area contributed by atoms with Crippen molar-refractivity contribution in [3.63, 3.8) is 0 Å². The summed E-state index contributed by atoms with van der Waals surface area (Å²) in [7, 11) is 1.24. The number of halogens is 2. The molecule has 0 bridgehead atoms. The molecule has 66 heavy (non-hydrogen) atoms. The molecule has 0 saturated carbocycles. The van der Waals surface area contributed by atoms with Gasteiger partial charge >= 0.3 is 12.1 Å². The van der Waals surface area contributed by atoms with E-state index < -0.39 is 35.9 Å². The molecule has 18 heteroatoms. The number of alkyl carbamates (subject to hydrolysis) is 1. The first kappa shape index (κ1) is 44.4. The number of rotatable bonds is 11. The number of H-pyrrole nitrogens is 2. The number of hydrogen-bond acceptors (Lipinski definition) is 9. The summed E-state index contributed by atoms with van der Waals surface area (Å²) in [5.41, 5.74) is 2.82. The van der Waals surface area contributed by atoms with Crippen molar-refractivity contribution in [2.75, 3.05) is 64.5 Å². The molecule has 2 aromatic heterocycles. The number of carbonyl (C=O) groups excluding carboxylic acids is 4. The Balaban J connectivity index is 0.838. The molecule has 4 aliphatic rings. The summed E-state index contributed by atoms with van der Waals surface area (Å²) in [6.45, 7) is 3.60. The van der Waals surface area contributed by atoms with Gasteiger partial charge in [0.1, 0.15) is 41.1 Å². The number of imidazole rings is 2. The number of urea groups is 1. The molecule has 0 spiro atoms. The largest absolute Gasteiger partial charge is 0.453 e. The average Bonchev–Trinajstić information content (AvgIpc) is 4.21.